The molecule has 0 radical (unpaired) electrons. The number of hydrogen-bond donors (Lipinski definition) is 1. The number of likely N-dealkylation sites (tertiary alicyclic amines) is 1. The van der Waals surface area contributed by atoms with Gasteiger partial charge in [0.25, 0.3) is 0 Å². The van der Waals surface area contributed by atoms with E-state index in [1.54, 1.807) is 0 Å². The molecular weight excluding hydrogens is 128 g/mol. The van der Waals surface area contributed by atoms with Crippen LogP contribution in [0.4, 0.5) is 0 Å². The molecule has 0 aromatic heterocycles. The van der Waals surface area contributed by atoms with Gasteiger partial charge in [0.05, 0.1) is 0 Å². The average Bonchev–Trinajstić information content (AvgIpc) is 2.13. The molecule has 1 fully saturated rings. The molecule has 0 spiro atoms. The van der Waals surface area contributed by atoms with Gasteiger partial charge in [0, 0.05) is 20.0 Å². The summed E-state index contributed by atoms with van der Waals surface area (Å²) in [6, 6.07) is 0. The molecule has 1 saturated heterocycles. The lowest BCUT2D eigenvalue weighted by atomic mass is 10.2. The standard InChI is InChI=1S/C7H14N2O/c1-9-6-4-2-3-5-7(9)8-10/h10H,2-6H2,1H3. The van der Waals surface area contributed by atoms with Crippen molar-refractivity contribution in [2.75, 3.05) is 13.6 Å². The van der Waals surface area contributed by atoms with Gasteiger partial charge in [-0.15, -0.1) is 0 Å². The lowest BCUT2D eigenvalue weighted by molar-refractivity contribution is 0.305. The van der Waals surface area contributed by atoms with Crippen LogP contribution in [-0.4, -0.2) is 29.5 Å². The van der Waals surface area contributed by atoms with Gasteiger partial charge >= 0.3 is 0 Å². The van der Waals surface area contributed by atoms with Gasteiger partial charge in [-0.1, -0.05) is 11.6 Å². The highest BCUT2D eigenvalue weighted by Gasteiger charge is 2.10. The number of amidine groups is 1. The van der Waals surface area contributed by atoms with Crippen molar-refractivity contribution in [1.82, 2.24) is 4.90 Å². The fourth-order valence-electron chi connectivity index (χ4n) is 1.26. The molecule has 10 heavy (non-hydrogen) atoms. The van der Waals surface area contributed by atoms with Crippen LogP contribution in [-0.2, 0) is 0 Å². The van der Waals surface area contributed by atoms with Crippen molar-refractivity contribution >= 4 is 5.84 Å². The summed E-state index contributed by atoms with van der Waals surface area (Å²) in [7, 11) is 1.97. The van der Waals surface area contributed by atoms with Gasteiger partial charge < -0.3 is 10.1 Å². The topological polar surface area (TPSA) is 35.8 Å². The van der Waals surface area contributed by atoms with E-state index in [0.29, 0.717) is 0 Å². The summed E-state index contributed by atoms with van der Waals surface area (Å²) in [6.07, 6.45) is 4.55. The molecule has 0 aromatic rings. The van der Waals surface area contributed by atoms with Crippen LogP contribution in [0.1, 0.15) is 25.7 Å². The third-order valence-corrected chi connectivity index (χ3v) is 1.95. The number of rotatable bonds is 0. The van der Waals surface area contributed by atoms with E-state index >= 15 is 0 Å². The quantitative estimate of drug-likeness (QED) is 0.408. The third kappa shape index (κ3) is 1.62. The molecule has 1 rings (SSSR count). The predicted octanol–water partition coefficient (Wildman–Crippen LogP) is 1.28. The molecule has 0 amide bonds. The molecule has 58 valence electrons. The Morgan fingerprint density at radius 1 is 1.40 bits per heavy atom. The summed E-state index contributed by atoms with van der Waals surface area (Å²) < 4.78 is 0. The second kappa shape index (κ2) is 3.44. The van der Waals surface area contributed by atoms with Crippen LogP contribution in [0.5, 0.6) is 0 Å². The number of hydrogen-bond acceptors (Lipinski definition) is 2. The van der Waals surface area contributed by atoms with Crippen LogP contribution in [0.15, 0.2) is 5.16 Å². The molecule has 0 aliphatic carbocycles. The van der Waals surface area contributed by atoms with Crippen LogP contribution in [0.2, 0.25) is 0 Å². The van der Waals surface area contributed by atoms with Crippen molar-refractivity contribution in [3.8, 4) is 0 Å². The number of oxime groups is 1. The minimum absolute atomic E-state index is 0.831. The fraction of sp³-hybridized carbons (Fsp3) is 0.857. The Morgan fingerprint density at radius 3 is 2.90 bits per heavy atom. The summed E-state index contributed by atoms with van der Waals surface area (Å²) >= 11 is 0. The maximum absolute atomic E-state index is 8.53. The van der Waals surface area contributed by atoms with Crippen LogP contribution >= 0.6 is 0 Å². The first-order valence-electron chi connectivity index (χ1n) is 3.76. The summed E-state index contributed by atoms with van der Waals surface area (Å²) in [5, 5.41) is 11.8. The molecule has 0 aromatic carbocycles. The molecule has 0 unspecified atom stereocenters. The predicted molar refractivity (Wildman–Crippen MR) is 40.3 cm³/mol. The van der Waals surface area contributed by atoms with Crippen molar-refractivity contribution in [2.45, 2.75) is 25.7 Å². The highest BCUT2D eigenvalue weighted by atomic mass is 16.4. The molecule has 1 aliphatic heterocycles. The molecule has 1 aliphatic rings. The lowest BCUT2D eigenvalue weighted by Gasteiger charge is -2.15. The zero-order valence-electron chi connectivity index (χ0n) is 6.38. The molecule has 0 atom stereocenters. The van der Waals surface area contributed by atoms with Crippen molar-refractivity contribution in [1.29, 1.82) is 0 Å². The fourth-order valence-corrected chi connectivity index (χ4v) is 1.26. The number of nitrogens with zero attached hydrogens (tertiary/aromatic N) is 2. The highest BCUT2D eigenvalue weighted by molar-refractivity contribution is 5.81. The third-order valence-electron chi connectivity index (χ3n) is 1.95. The van der Waals surface area contributed by atoms with Crippen molar-refractivity contribution in [3.63, 3.8) is 0 Å². The van der Waals surface area contributed by atoms with Gasteiger partial charge in [-0.05, 0) is 12.8 Å². The van der Waals surface area contributed by atoms with E-state index < -0.39 is 0 Å². The Morgan fingerprint density at radius 2 is 2.20 bits per heavy atom. The first-order valence-corrected chi connectivity index (χ1v) is 3.76. The largest absolute Gasteiger partial charge is 0.409 e. The highest BCUT2D eigenvalue weighted by Crippen LogP contribution is 2.09. The van der Waals surface area contributed by atoms with Crippen LogP contribution < -0.4 is 0 Å². The maximum atomic E-state index is 8.53. The Hall–Kier alpha value is -0.730. The summed E-state index contributed by atoms with van der Waals surface area (Å²) in [4.78, 5) is 2.02. The van der Waals surface area contributed by atoms with Gasteiger partial charge in [0.2, 0.25) is 0 Å². The van der Waals surface area contributed by atoms with E-state index in [1.165, 1.54) is 12.8 Å². The second-order valence-electron chi connectivity index (χ2n) is 2.75. The molecule has 1 N–H and O–H groups in total. The van der Waals surface area contributed by atoms with Crippen molar-refractivity contribution in [2.24, 2.45) is 5.16 Å². The van der Waals surface area contributed by atoms with Gasteiger partial charge in [-0.3, -0.25) is 0 Å². The van der Waals surface area contributed by atoms with Gasteiger partial charge in [-0.25, -0.2) is 0 Å². The normalized spacial score (nSPS) is 24.9. The average molecular weight is 142 g/mol. The minimum atomic E-state index is 0.831. The minimum Gasteiger partial charge on any atom is -0.409 e. The first-order chi connectivity index (χ1) is 4.84. The van der Waals surface area contributed by atoms with Crippen LogP contribution in [0, 0.1) is 0 Å². The zero-order chi connectivity index (χ0) is 7.40. The molecule has 3 heteroatoms. The van der Waals surface area contributed by atoms with E-state index in [-0.39, 0.29) is 0 Å². The monoisotopic (exact) mass is 142 g/mol. The van der Waals surface area contributed by atoms with E-state index in [0.717, 1.165) is 25.2 Å². The first kappa shape index (κ1) is 7.38. The van der Waals surface area contributed by atoms with Gasteiger partial charge in [-0.2, -0.15) is 0 Å². The Bertz CT molecular complexity index is 134. The summed E-state index contributed by atoms with van der Waals surface area (Å²) in [6.45, 7) is 1.03. The van der Waals surface area contributed by atoms with Crippen LogP contribution in [0.3, 0.4) is 0 Å². The van der Waals surface area contributed by atoms with Gasteiger partial charge in [0.1, 0.15) is 5.84 Å². The van der Waals surface area contributed by atoms with E-state index in [9.17, 15) is 0 Å². The van der Waals surface area contributed by atoms with E-state index in [4.69, 9.17) is 5.21 Å². The molecule has 0 bridgehead atoms. The molecule has 0 saturated carbocycles. The Labute approximate surface area is 61.3 Å². The lowest BCUT2D eigenvalue weighted by Crippen LogP contribution is -2.25. The van der Waals surface area contributed by atoms with Crippen molar-refractivity contribution < 1.29 is 5.21 Å². The summed E-state index contributed by atoms with van der Waals surface area (Å²) in [5.41, 5.74) is 0. The van der Waals surface area contributed by atoms with E-state index in [1.807, 2.05) is 11.9 Å². The molecule has 1 heterocycles. The molecule has 3 nitrogen and oxygen atoms in total. The zero-order valence-corrected chi connectivity index (χ0v) is 6.38. The van der Waals surface area contributed by atoms with Crippen molar-refractivity contribution in [3.05, 3.63) is 0 Å². The van der Waals surface area contributed by atoms with E-state index in [2.05, 4.69) is 5.16 Å². The molecular formula is C7H14N2O. The van der Waals surface area contributed by atoms with Gasteiger partial charge in [0.15, 0.2) is 0 Å². The maximum Gasteiger partial charge on any atom is 0.144 e. The Kier molecular flexibility index (Phi) is 2.54. The van der Waals surface area contributed by atoms with Crippen LogP contribution in [0.25, 0.3) is 0 Å². The second-order valence-corrected chi connectivity index (χ2v) is 2.75. The Balaban J connectivity index is 2.52. The smallest absolute Gasteiger partial charge is 0.144 e. The summed E-state index contributed by atoms with van der Waals surface area (Å²) in [5.74, 6) is 0.831. The SMILES string of the molecule is CN1CCCCCC1=NO.